The summed E-state index contributed by atoms with van der Waals surface area (Å²) in [5.74, 6) is 0.0656. The fraction of sp³-hybridized carbons (Fsp3) is 0.294. The van der Waals surface area contributed by atoms with Crippen LogP contribution < -0.4 is 5.32 Å². The number of piperazine rings is 1. The molecular weight excluding hydrogens is 365 g/mol. The fourth-order valence-electron chi connectivity index (χ4n) is 2.69. The van der Waals surface area contributed by atoms with Crippen LogP contribution in [0.4, 0.5) is 5.69 Å². The van der Waals surface area contributed by atoms with Crippen LogP contribution in [0.3, 0.4) is 0 Å². The SMILES string of the molecule is O=C(CN1CCN(C(=O)c2ccco2)CC1)Nc1cc(Cl)cc(Cl)c1. The number of nitrogens with one attached hydrogen (secondary N) is 1. The van der Waals surface area contributed by atoms with Crippen molar-refractivity contribution in [1.82, 2.24) is 9.80 Å². The largest absolute Gasteiger partial charge is 0.459 e. The lowest BCUT2D eigenvalue weighted by Gasteiger charge is -2.33. The average Bonchev–Trinajstić information content (AvgIpc) is 3.08. The van der Waals surface area contributed by atoms with E-state index in [9.17, 15) is 9.59 Å². The van der Waals surface area contributed by atoms with Crippen molar-refractivity contribution in [3.63, 3.8) is 0 Å². The van der Waals surface area contributed by atoms with Crippen molar-refractivity contribution in [2.45, 2.75) is 0 Å². The van der Waals surface area contributed by atoms with Crippen LogP contribution in [0, 0.1) is 0 Å². The van der Waals surface area contributed by atoms with Crippen molar-refractivity contribution in [3.8, 4) is 0 Å². The number of carbonyl (C=O) groups excluding carboxylic acids is 2. The molecule has 3 rings (SSSR count). The molecule has 0 unspecified atom stereocenters. The van der Waals surface area contributed by atoms with Crippen LogP contribution in [0.25, 0.3) is 0 Å². The number of benzene rings is 1. The summed E-state index contributed by atoms with van der Waals surface area (Å²) in [6, 6.07) is 8.23. The quantitative estimate of drug-likeness (QED) is 0.883. The number of amides is 2. The van der Waals surface area contributed by atoms with E-state index in [2.05, 4.69) is 5.32 Å². The first-order chi connectivity index (χ1) is 12.0. The Kier molecular flexibility index (Phi) is 5.63. The summed E-state index contributed by atoms with van der Waals surface area (Å²) < 4.78 is 5.14. The zero-order valence-electron chi connectivity index (χ0n) is 13.4. The molecule has 0 radical (unpaired) electrons. The minimum Gasteiger partial charge on any atom is -0.459 e. The maximum absolute atomic E-state index is 12.2. The lowest BCUT2D eigenvalue weighted by molar-refractivity contribution is -0.117. The molecule has 25 heavy (non-hydrogen) atoms. The molecule has 8 heteroatoms. The maximum atomic E-state index is 12.2. The van der Waals surface area contributed by atoms with Crippen LogP contribution in [0.2, 0.25) is 10.0 Å². The van der Waals surface area contributed by atoms with Crippen LogP contribution >= 0.6 is 23.2 Å². The molecule has 1 N–H and O–H groups in total. The highest BCUT2D eigenvalue weighted by Crippen LogP contribution is 2.22. The van der Waals surface area contributed by atoms with Gasteiger partial charge in [-0.1, -0.05) is 23.2 Å². The molecular formula is C17H17Cl2N3O3. The van der Waals surface area contributed by atoms with Gasteiger partial charge >= 0.3 is 0 Å². The predicted octanol–water partition coefficient (Wildman–Crippen LogP) is 2.98. The fourth-order valence-corrected chi connectivity index (χ4v) is 3.22. The number of halogens is 2. The Morgan fingerprint density at radius 2 is 1.76 bits per heavy atom. The monoisotopic (exact) mass is 381 g/mol. The standard InChI is InChI=1S/C17H17Cl2N3O3/c18-12-8-13(19)10-14(9-12)20-16(23)11-21-3-5-22(6-4-21)17(24)15-2-1-7-25-15/h1-2,7-10H,3-6,11H2,(H,20,23). The summed E-state index contributed by atoms with van der Waals surface area (Å²) >= 11 is 11.8. The molecule has 1 aliphatic heterocycles. The normalized spacial score (nSPS) is 15.2. The van der Waals surface area contributed by atoms with E-state index in [0.29, 0.717) is 47.7 Å². The molecule has 1 saturated heterocycles. The average molecular weight is 382 g/mol. The van der Waals surface area contributed by atoms with Crippen molar-refractivity contribution in [2.24, 2.45) is 0 Å². The first-order valence-electron chi connectivity index (χ1n) is 7.82. The van der Waals surface area contributed by atoms with Crippen molar-refractivity contribution in [2.75, 3.05) is 38.0 Å². The molecule has 0 saturated carbocycles. The molecule has 6 nitrogen and oxygen atoms in total. The van der Waals surface area contributed by atoms with Gasteiger partial charge < -0.3 is 14.6 Å². The Labute approximate surface area is 155 Å². The number of hydrogen-bond acceptors (Lipinski definition) is 4. The highest BCUT2D eigenvalue weighted by atomic mass is 35.5. The van der Waals surface area contributed by atoms with Gasteiger partial charge in [-0.25, -0.2) is 0 Å². The van der Waals surface area contributed by atoms with E-state index in [0.717, 1.165) is 0 Å². The second-order valence-corrected chi connectivity index (χ2v) is 6.62. The van der Waals surface area contributed by atoms with Gasteiger partial charge in [0.2, 0.25) is 5.91 Å². The molecule has 1 aromatic carbocycles. The van der Waals surface area contributed by atoms with Gasteiger partial charge in [-0.2, -0.15) is 0 Å². The van der Waals surface area contributed by atoms with Crippen molar-refractivity contribution < 1.29 is 14.0 Å². The van der Waals surface area contributed by atoms with Crippen LogP contribution in [0.5, 0.6) is 0 Å². The van der Waals surface area contributed by atoms with Crippen molar-refractivity contribution in [3.05, 3.63) is 52.4 Å². The van der Waals surface area contributed by atoms with E-state index in [4.69, 9.17) is 27.6 Å². The summed E-state index contributed by atoms with van der Waals surface area (Å²) in [6.45, 7) is 2.59. The second-order valence-electron chi connectivity index (χ2n) is 5.75. The van der Waals surface area contributed by atoms with E-state index >= 15 is 0 Å². The Morgan fingerprint density at radius 3 is 2.36 bits per heavy atom. The van der Waals surface area contributed by atoms with E-state index in [1.807, 2.05) is 4.90 Å². The third kappa shape index (κ3) is 4.75. The van der Waals surface area contributed by atoms with Gasteiger partial charge in [0.1, 0.15) is 0 Å². The van der Waals surface area contributed by atoms with Crippen LogP contribution in [-0.2, 0) is 4.79 Å². The number of rotatable bonds is 4. The lowest BCUT2D eigenvalue weighted by Crippen LogP contribution is -2.50. The molecule has 1 aromatic heterocycles. The second kappa shape index (κ2) is 7.91. The van der Waals surface area contributed by atoms with Gasteiger partial charge in [0, 0.05) is 41.9 Å². The molecule has 2 aromatic rings. The van der Waals surface area contributed by atoms with Gasteiger partial charge in [-0.3, -0.25) is 14.5 Å². The number of carbonyl (C=O) groups is 2. The Balaban J connectivity index is 1.48. The van der Waals surface area contributed by atoms with Crippen LogP contribution in [0.15, 0.2) is 41.0 Å². The minimum absolute atomic E-state index is 0.123. The predicted molar refractivity (Wildman–Crippen MR) is 96.1 cm³/mol. The topological polar surface area (TPSA) is 65.8 Å². The highest BCUT2D eigenvalue weighted by molar-refractivity contribution is 6.35. The lowest BCUT2D eigenvalue weighted by atomic mass is 10.2. The Morgan fingerprint density at radius 1 is 1.08 bits per heavy atom. The number of nitrogens with zero attached hydrogens (tertiary/aromatic N) is 2. The maximum Gasteiger partial charge on any atom is 0.289 e. The number of furan rings is 1. The van der Waals surface area contributed by atoms with Crippen molar-refractivity contribution in [1.29, 1.82) is 0 Å². The van der Waals surface area contributed by atoms with Gasteiger partial charge in [-0.15, -0.1) is 0 Å². The zero-order chi connectivity index (χ0) is 17.8. The van der Waals surface area contributed by atoms with Gasteiger partial charge in [0.15, 0.2) is 5.76 Å². The number of hydrogen-bond donors (Lipinski definition) is 1. The highest BCUT2D eigenvalue weighted by Gasteiger charge is 2.24. The summed E-state index contributed by atoms with van der Waals surface area (Å²) in [5.41, 5.74) is 0.564. The first kappa shape index (κ1) is 17.8. The van der Waals surface area contributed by atoms with E-state index in [-0.39, 0.29) is 18.4 Å². The number of anilines is 1. The molecule has 132 valence electrons. The molecule has 0 spiro atoms. The van der Waals surface area contributed by atoms with Gasteiger partial charge in [0.05, 0.1) is 12.8 Å². The van der Waals surface area contributed by atoms with Crippen LogP contribution in [0.1, 0.15) is 10.6 Å². The summed E-state index contributed by atoms with van der Waals surface area (Å²) in [5, 5.41) is 3.71. The van der Waals surface area contributed by atoms with Gasteiger partial charge in [0.25, 0.3) is 5.91 Å². The molecule has 1 fully saturated rings. The molecule has 1 aliphatic rings. The van der Waals surface area contributed by atoms with E-state index in [1.54, 1.807) is 35.2 Å². The van der Waals surface area contributed by atoms with E-state index < -0.39 is 0 Å². The third-order valence-electron chi connectivity index (χ3n) is 3.90. The summed E-state index contributed by atoms with van der Waals surface area (Å²) in [7, 11) is 0. The smallest absolute Gasteiger partial charge is 0.289 e. The van der Waals surface area contributed by atoms with E-state index in [1.165, 1.54) is 6.26 Å². The third-order valence-corrected chi connectivity index (χ3v) is 4.34. The van der Waals surface area contributed by atoms with Crippen molar-refractivity contribution >= 4 is 40.7 Å². The molecule has 2 heterocycles. The molecule has 2 amide bonds. The molecule has 0 aliphatic carbocycles. The Hall–Kier alpha value is -2.02. The zero-order valence-corrected chi connectivity index (χ0v) is 14.9. The molecule has 0 bridgehead atoms. The Bertz CT molecular complexity index is 736. The summed E-state index contributed by atoms with van der Waals surface area (Å²) in [4.78, 5) is 28.1. The minimum atomic E-state index is -0.149. The van der Waals surface area contributed by atoms with Crippen LogP contribution in [-0.4, -0.2) is 54.3 Å². The van der Waals surface area contributed by atoms with Gasteiger partial charge in [-0.05, 0) is 30.3 Å². The first-order valence-corrected chi connectivity index (χ1v) is 8.58. The molecule has 0 atom stereocenters. The summed E-state index contributed by atoms with van der Waals surface area (Å²) in [6.07, 6.45) is 1.48.